The van der Waals surface area contributed by atoms with E-state index in [0.29, 0.717) is 25.5 Å². The van der Waals surface area contributed by atoms with Crippen molar-refractivity contribution in [2.24, 2.45) is 0 Å². The Bertz CT molecular complexity index is 613. The van der Waals surface area contributed by atoms with Crippen LogP contribution in [-0.2, 0) is 6.54 Å². The minimum absolute atomic E-state index is 0.0164. The van der Waals surface area contributed by atoms with Crippen LogP contribution in [0.25, 0.3) is 0 Å². The summed E-state index contributed by atoms with van der Waals surface area (Å²) in [6.45, 7) is 3.89. The molecular formula is C16H19N3O2S. The first-order valence-corrected chi connectivity index (χ1v) is 8.23. The monoisotopic (exact) mass is 317 g/mol. The average molecular weight is 317 g/mol. The molecule has 0 saturated carbocycles. The molecule has 1 atom stereocenters. The number of pyridine rings is 1. The molecular weight excluding hydrogens is 298 g/mol. The summed E-state index contributed by atoms with van der Waals surface area (Å²) in [6.07, 6.45) is 2.64. The quantitative estimate of drug-likeness (QED) is 0.943. The van der Waals surface area contributed by atoms with Gasteiger partial charge in [0.1, 0.15) is 6.10 Å². The van der Waals surface area contributed by atoms with Crippen molar-refractivity contribution < 1.29 is 9.53 Å². The third-order valence-corrected chi connectivity index (χ3v) is 4.47. The van der Waals surface area contributed by atoms with Crippen molar-refractivity contribution in [3.8, 4) is 5.88 Å². The largest absolute Gasteiger partial charge is 0.472 e. The van der Waals surface area contributed by atoms with Gasteiger partial charge in [0.2, 0.25) is 5.88 Å². The predicted molar refractivity (Wildman–Crippen MR) is 86.1 cm³/mol. The molecule has 1 aliphatic rings. The van der Waals surface area contributed by atoms with Gasteiger partial charge in [0.25, 0.3) is 0 Å². The van der Waals surface area contributed by atoms with Crippen molar-refractivity contribution in [1.82, 2.24) is 15.2 Å². The lowest BCUT2D eigenvalue weighted by molar-refractivity contribution is 0.183. The van der Waals surface area contributed by atoms with Gasteiger partial charge in [-0.1, -0.05) is 12.1 Å². The maximum Gasteiger partial charge on any atom is 0.317 e. The average Bonchev–Trinajstić information content (AvgIpc) is 3.19. The summed E-state index contributed by atoms with van der Waals surface area (Å²) in [7, 11) is 0. The van der Waals surface area contributed by atoms with Crippen LogP contribution in [0.15, 0.2) is 35.8 Å². The first-order chi connectivity index (χ1) is 10.7. The second-order valence-electron chi connectivity index (χ2n) is 5.39. The lowest BCUT2D eigenvalue weighted by Gasteiger charge is -2.17. The summed E-state index contributed by atoms with van der Waals surface area (Å²) in [5.41, 5.74) is 1.10. The number of amides is 2. The highest BCUT2D eigenvalue weighted by molar-refractivity contribution is 7.09. The van der Waals surface area contributed by atoms with Crippen molar-refractivity contribution in [1.29, 1.82) is 0 Å². The summed E-state index contributed by atoms with van der Waals surface area (Å²) >= 11 is 1.64. The number of ether oxygens (including phenoxy) is 1. The van der Waals surface area contributed by atoms with Gasteiger partial charge in [-0.2, -0.15) is 0 Å². The second kappa shape index (κ2) is 6.79. The van der Waals surface area contributed by atoms with Gasteiger partial charge in [0, 0.05) is 30.1 Å². The van der Waals surface area contributed by atoms with E-state index in [1.807, 2.05) is 36.6 Å². The Balaban J connectivity index is 1.47. The SMILES string of the molecule is Cc1ccc(OC2CCN(C(=O)NCc3cccs3)C2)nc1. The fourth-order valence-electron chi connectivity index (χ4n) is 2.39. The molecule has 2 aromatic rings. The molecule has 3 rings (SSSR count). The molecule has 1 fully saturated rings. The van der Waals surface area contributed by atoms with Crippen molar-refractivity contribution in [2.45, 2.75) is 26.0 Å². The van der Waals surface area contributed by atoms with E-state index in [-0.39, 0.29) is 12.1 Å². The highest BCUT2D eigenvalue weighted by atomic mass is 32.1. The number of rotatable bonds is 4. The van der Waals surface area contributed by atoms with E-state index in [4.69, 9.17) is 4.74 Å². The van der Waals surface area contributed by atoms with Gasteiger partial charge in [-0.3, -0.25) is 0 Å². The first kappa shape index (κ1) is 14.8. The number of thiophene rings is 1. The number of aromatic nitrogens is 1. The minimum Gasteiger partial charge on any atom is -0.472 e. The standard InChI is InChI=1S/C16H19N3O2S/c1-12-4-5-15(17-9-12)21-13-6-7-19(11-13)16(20)18-10-14-3-2-8-22-14/h2-5,8-9,13H,6-7,10-11H2,1H3,(H,18,20). The molecule has 3 heterocycles. The second-order valence-corrected chi connectivity index (χ2v) is 6.42. The molecule has 2 amide bonds. The molecule has 1 saturated heterocycles. The molecule has 0 radical (unpaired) electrons. The minimum atomic E-state index is -0.0311. The van der Waals surface area contributed by atoms with Gasteiger partial charge in [0.15, 0.2) is 0 Å². The van der Waals surface area contributed by atoms with Gasteiger partial charge >= 0.3 is 6.03 Å². The molecule has 2 aromatic heterocycles. The Hall–Kier alpha value is -2.08. The number of urea groups is 1. The molecule has 116 valence electrons. The fraction of sp³-hybridized carbons (Fsp3) is 0.375. The number of hydrogen-bond acceptors (Lipinski definition) is 4. The zero-order valence-corrected chi connectivity index (χ0v) is 13.3. The van der Waals surface area contributed by atoms with Crippen molar-refractivity contribution in [3.63, 3.8) is 0 Å². The molecule has 0 aliphatic carbocycles. The lowest BCUT2D eigenvalue weighted by atomic mass is 10.3. The number of carbonyl (C=O) groups excluding carboxylic acids is 1. The smallest absolute Gasteiger partial charge is 0.317 e. The van der Waals surface area contributed by atoms with Gasteiger partial charge in [-0.25, -0.2) is 9.78 Å². The van der Waals surface area contributed by atoms with E-state index in [1.165, 1.54) is 0 Å². The summed E-state index contributed by atoms with van der Waals surface area (Å²) in [6, 6.07) is 7.82. The van der Waals surface area contributed by atoms with Crippen LogP contribution in [0, 0.1) is 6.92 Å². The van der Waals surface area contributed by atoms with E-state index >= 15 is 0 Å². The number of nitrogens with one attached hydrogen (secondary N) is 1. The summed E-state index contributed by atoms with van der Waals surface area (Å²) < 4.78 is 5.83. The summed E-state index contributed by atoms with van der Waals surface area (Å²) in [4.78, 5) is 19.3. The number of hydrogen-bond donors (Lipinski definition) is 1. The third-order valence-electron chi connectivity index (χ3n) is 3.60. The van der Waals surface area contributed by atoms with Gasteiger partial charge < -0.3 is 15.0 Å². The Morgan fingerprint density at radius 2 is 2.41 bits per heavy atom. The molecule has 6 heteroatoms. The van der Waals surface area contributed by atoms with Crippen LogP contribution >= 0.6 is 11.3 Å². The van der Waals surface area contributed by atoms with Gasteiger partial charge in [-0.15, -0.1) is 11.3 Å². The molecule has 1 unspecified atom stereocenters. The third kappa shape index (κ3) is 3.76. The van der Waals surface area contributed by atoms with E-state index in [0.717, 1.165) is 16.9 Å². The molecule has 0 spiro atoms. The molecule has 1 aliphatic heterocycles. The topological polar surface area (TPSA) is 54.5 Å². The highest BCUT2D eigenvalue weighted by Gasteiger charge is 2.27. The summed E-state index contributed by atoms with van der Waals surface area (Å²) in [5, 5.41) is 4.95. The Morgan fingerprint density at radius 3 is 3.14 bits per heavy atom. The molecule has 1 N–H and O–H groups in total. The molecule has 0 bridgehead atoms. The first-order valence-electron chi connectivity index (χ1n) is 7.35. The number of nitrogens with zero attached hydrogens (tertiary/aromatic N) is 2. The van der Waals surface area contributed by atoms with Crippen LogP contribution in [0.4, 0.5) is 4.79 Å². The van der Waals surface area contributed by atoms with Gasteiger partial charge in [-0.05, 0) is 23.9 Å². The summed E-state index contributed by atoms with van der Waals surface area (Å²) in [5.74, 6) is 0.622. The lowest BCUT2D eigenvalue weighted by Crippen LogP contribution is -2.38. The van der Waals surface area contributed by atoms with E-state index in [2.05, 4.69) is 10.3 Å². The normalized spacial score (nSPS) is 17.5. The predicted octanol–water partition coefficient (Wildman–Crippen LogP) is 2.81. The van der Waals surface area contributed by atoms with E-state index in [9.17, 15) is 4.79 Å². The van der Waals surface area contributed by atoms with E-state index < -0.39 is 0 Å². The van der Waals surface area contributed by atoms with E-state index in [1.54, 1.807) is 22.4 Å². The molecule has 5 nitrogen and oxygen atoms in total. The number of aryl methyl sites for hydroxylation is 1. The molecule has 0 aromatic carbocycles. The van der Waals surface area contributed by atoms with Crippen LogP contribution in [0.2, 0.25) is 0 Å². The number of carbonyl (C=O) groups is 1. The van der Waals surface area contributed by atoms with Crippen molar-refractivity contribution >= 4 is 17.4 Å². The fourth-order valence-corrected chi connectivity index (χ4v) is 3.04. The zero-order chi connectivity index (χ0) is 15.4. The number of likely N-dealkylation sites (tertiary alicyclic amines) is 1. The van der Waals surface area contributed by atoms with Crippen LogP contribution < -0.4 is 10.1 Å². The highest BCUT2D eigenvalue weighted by Crippen LogP contribution is 2.17. The van der Waals surface area contributed by atoms with Crippen LogP contribution in [0.1, 0.15) is 16.9 Å². The van der Waals surface area contributed by atoms with Crippen LogP contribution in [0.5, 0.6) is 5.88 Å². The maximum absolute atomic E-state index is 12.1. The van der Waals surface area contributed by atoms with Crippen molar-refractivity contribution in [2.75, 3.05) is 13.1 Å². The zero-order valence-electron chi connectivity index (χ0n) is 12.5. The van der Waals surface area contributed by atoms with Crippen LogP contribution in [-0.4, -0.2) is 35.1 Å². The Kier molecular flexibility index (Phi) is 4.58. The van der Waals surface area contributed by atoms with Crippen molar-refractivity contribution in [3.05, 3.63) is 46.3 Å². The van der Waals surface area contributed by atoms with Gasteiger partial charge in [0.05, 0.1) is 13.1 Å². The van der Waals surface area contributed by atoms with Crippen LogP contribution in [0.3, 0.4) is 0 Å². The maximum atomic E-state index is 12.1. The Labute approximate surface area is 133 Å². The Morgan fingerprint density at radius 1 is 1.50 bits per heavy atom. The molecule has 22 heavy (non-hydrogen) atoms.